The minimum Gasteiger partial charge on any atom is -0.369 e. The van der Waals surface area contributed by atoms with Crippen molar-refractivity contribution in [3.63, 3.8) is 0 Å². The van der Waals surface area contributed by atoms with Crippen LogP contribution >= 0.6 is 0 Å². The van der Waals surface area contributed by atoms with Crippen molar-refractivity contribution in [3.8, 4) is 11.3 Å². The molecule has 0 fully saturated rings. The number of benzene rings is 1. The van der Waals surface area contributed by atoms with E-state index in [0.717, 1.165) is 35.7 Å². The van der Waals surface area contributed by atoms with Gasteiger partial charge in [-0.15, -0.1) is 5.10 Å². The van der Waals surface area contributed by atoms with Crippen molar-refractivity contribution in [2.24, 2.45) is 5.41 Å². The summed E-state index contributed by atoms with van der Waals surface area (Å²) < 4.78 is 1.79. The molecule has 0 saturated carbocycles. The van der Waals surface area contributed by atoms with Crippen molar-refractivity contribution in [1.29, 1.82) is 0 Å². The van der Waals surface area contributed by atoms with Gasteiger partial charge in [-0.05, 0) is 37.7 Å². The molecule has 0 bridgehead atoms. The van der Waals surface area contributed by atoms with E-state index in [4.69, 9.17) is 0 Å². The van der Waals surface area contributed by atoms with E-state index in [1.165, 1.54) is 0 Å². The molecular weight excluding hydrogens is 430 g/mol. The van der Waals surface area contributed by atoms with Gasteiger partial charge in [-0.1, -0.05) is 32.9 Å². The summed E-state index contributed by atoms with van der Waals surface area (Å²) in [6, 6.07) is 11.2. The molecule has 34 heavy (non-hydrogen) atoms. The highest BCUT2D eigenvalue weighted by Crippen LogP contribution is 2.22. The summed E-state index contributed by atoms with van der Waals surface area (Å²) in [6.07, 6.45) is 2.59. The molecule has 0 unspecified atom stereocenters. The average Bonchev–Trinajstić information content (AvgIpc) is 3.24. The number of hydrogen-bond acceptors (Lipinski definition) is 6. The van der Waals surface area contributed by atoms with Gasteiger partial charge in [-0.3, -0.25) is 9.59 Å². The first kappa shape index (κ1) is 25.2. The van der Waals surface area contributed by atoms with Crippen LogP contribution in [0.15, 0.2) is 42.6 Å². The van der Waals surface area contributed by atoms with Crippen molar-refractivity contribution in [2.45, 2.75) is 27.2 Å². The Bertz CT molecular complexity index is 1120. The molecule has 3 N–H and O–H groups in total. The number of carbonyl (C=O) groups is 2. The van der Waals surface area contributed by atoms with E-state index in [2.05, 4.69) is 26.0 Å². The zero-order valence-corrected chi connectivity index (χ0v) is 20.7. The highest BCUT2D eigenvalue weighted by molar-refractivity contribution is 5.94. The Morgan fingerprint density at radius 3 is 2.44 bits per heavy atom. The van der Waals surface area contributed by atoms with Crippen molar-refractivity contribution in [2.75, 3.05) is 45.6 Å². The molecular formula is C25H35N7O2. The van der Waals surface area contributed by atoms with Crippen LogP contribution in [-0.2, 0) is 4.79 Å². The molecule has 0 spiro atoms. The van der Waals surface area contributed by atoms with Gasteiger partial charge in [0.1, 0.15) is 5.82 Å². The predicted octanol–water partition coefficient (Wildman–Crippen LogP) is 2.65. The maximum atomic E-state index is 12.3. The molecule has 0 atom stereocenters. The molecule has 1 aromatic carbocycles. The predicted molar refractivity (Wildman–Crippen MR) is 135 cm³/mol. The summed E-state index contributed by atoms with van der Waals surface area (Å²) >= 11 is 0. The Morgan fingerprint density at radius 1 is 1.03 bits per heavy atom. The zero-order valence-electron chi connectivity index (χ0n) is 20.7. The Hall–Kier alpha value is -3.46. The lowest BCUT2D eigenvalue weighted by molar-refractivity contribution is -0.138. The van der Waals surface area contributed by atoms with Gasteiger partial charge in [0.25, 0.3) is 5.91 Å². The Morgan fingerprint density at radius 2 is 1.76 bits per heavy atom. The second-order valence-electron chi connectivity index (χ2n) is 9.33. The lowest BCUT2D eigenvalue weighted by atomic mass is 9.95. The molecule has 3 rings (SSSR count). The van der Waals surface area contributed by atoms with Gasteiger partial charge >= 0.3 is 0 Å². The molecule has 182 valence electrons. The Kier molecular flexibility index (Phi) is 8.22. The van der Waals surface area contributed by atoms with Gasteiger partial charge in [-0.2, -0.15) is 0 Å². The molecule has 2 aromatic heterocycles. The van der Waals surface area contributed by atoms with Gasteiger partial charge in [0.2, 0.25) is 5.91 Å². The smallest absolute Gasteiger partial charge is 0.251 e. The summed E-state index contributed by atoms with van der Waals surface area (Å²) in [5, 5.41) is 13.9. The third kappa shape index (κ3) is 6.32. The molecule has 2 amide bonds. The number of nitrogens with one attached hydrogen (secondary N) is 3. The van der Waals surface area contributed by atoms with Crippen LogP contribution in [0.3, 0.4) is 0 Å². The first-order chi connectivity index (χ1) is 16.2. The molecule has 9 heteroatoms. The van der Waals surface area contributed by atoms with Crippen LogP contribution in [0, 0.1) is 5.41 Å². The minimum atomic E-state index is -0.374. The normalized spacial score (nSPS) is 11.4. The van der Waals surface area contributed by atoms with E-state index >= 15 is 0 Å². The number of rotatable bonds is 10. The molecule has 3 aromatic rings. The van der Waals surface area contributed by atoms with Gasteiger partial charge in [0.05, 0.1) is 11.9 Å². The van der Waals surface area contributed by atoms with Crippen molar-refractivity contribution in [3.05, 3.63) is 48.2 Å². The summed E-state index contributed by atoms with van der Waals surface area (Å²) in [5.41, 5.74) is 2.74. The van der Waals surface area contributed by atoms with Gasteiger partial charge < -0.3 is 20.9 Å². The van der Waals surface area contributed by atoms with Crippen molar-refractivity contribution in [1.82, 2.24) is 30.1 Å². The number of fused-ring (bicyclic) bond motifs is 1. The number of carbonyl (C=O) groups excluding carboxylic acids is 2. The molecule has 0 aliphatic heterocycles. The lowest BCUT2D eigenvalue weighted by Gasteiger charge is -2.26. The van der Waals surface area contributed by atoms with Gasteiger partial charge in [0.15, 0.2) is 5.65 Å². The SMILES string of the molecule is CNCCNC(=O)c1ccc(-c2cnc3ccc(NCCCN(C)C(=O)C(C)(C)C)nn23)cc1. The molecule has 0 saturated heterocycles. The first-order valence-corrected chi connectivity index (χ1v) is 11.6. The molecule has 0 aliphatic rings. The number of hydrogen-bond donors (Lipinski definition) is 3. The number of amides is 2. The minimum absolute atomic E-state index is 0.0978. The molecule has 0 aliphatic carbocycles. The van der Waals surface area contributed by atoms with Crippen molar-refractivity contribution < 1.29 is 9.59 Å². The number of likely N-dealkylation sites (N-methyl/N-ethyl adjacent to an activating group) is 1. The first-order valence-electron chi connectivity index (χ1n) is 11.6. The Labute approximate surface area is 200 Å². The summed E-state index contributed by atoms with van der Waals surface area (Å²) in [5.74, 6) is 0.771. The van der Waals surface area contributed by atoms with E-state index in [1.54, 1.807) is 27.7 Å². The number of aromatic nitrogens is 3. The van der Waals surface area contributed by atoms with Crippen LogP contribution in [0.2, 0.25) is 0 Å². The third-order valence-corrected chi connectivity index (χ3v) is 5.43. The number of anilines is 1. The third-order valence-electron chi connectivity index (χ3n) is 5.43. The van der Waals surface area contributed by atoms with E-state index in [0.29, 0.717) is 25.2 Å². The summed E-state index contributed by atoms with van der Waals surface area (Å²) in [7, 11) is 3.69. The quantitative estimate of drug-likeness (QED) is 0.398. The zero-order chi connectivity index (χ0) is 24.7. The van der Waals surface area contributed by atoms with Crippen LogP contribution in [0.4, 0.5) is 5.82 Å². The highest BCUT2D eigenvalue weighted by Gasteiger charge is 2.24. The lowest BCUT2D eigenvalue weighted by Crippen LogP contribution is -2.37. The standard InChI is InChI=1S/C25H35N7O2/c1-25(2,3)24(34)31(5)16-6-13-27-21-11-12-22-29-17-20(32(22)30-21)18-7-9-19(10-8-18)23(33)28-15-14-26-4/h7-12,17,26H,6,13-16H2,1-5H3,(H,27,30)(H,28,33). The van der Waals surface area contributed by atoms with Crippen LogP contribution < -0.4 is 16.0 Å². The maximum Gasteiger partial charge on any atom is 0.251 e. The maximum absolute atomic E-state index is 12.3. The Balaban J connectivity index is 1.63. The number of imidazole rings is 1. The van der Waals surface area contributed by atoms with Crippen LogP contribution in [0.25, 0.3) is 16.9 Å². The van der Waals surface area contributed by atoms with Crippen LogP contribution in [0.5, 0.6) is 0 Å². The fourth-order valence-electron chi connectivity index (χ4n) is 3.57. The molecule has 0 radical (unpaired) electrons. The second kappa shape index (κ2) is 11.1. The van der Waals surface area contributed by atoms with Gasteiger partial charge in [0, 0.05) is 49.8 Å². The summed E-state index contributed by atoms with van der Waals surface area (Å²) in [6.45, 7) is 8.46. The highest BCUT2D eigenvalue weighted by atomic mass is 16.2. The number of nitrogens with zero attached hydrogens (tertiary/aromatic N) is 4. The van der Waals surface area contributed by atoms with E-state index in [-0.39, 0.29) is 17.2 Å². The van der Waals surface area contributed by atoms with Gasteiger partial charge in [-0.25, -0.2) is 9.50 Å². The average molecular weight is 466 g/mol. The van der Waals surface area contributed by atoms with E-state index < -0.39 is 0 Å². The fourth-order valence-corrected chi connectivity index (χ4v) is 3.57. The molecule has 9 nitrogen and oxygen atoms in total. The van der Waals surface area contributed by atoms with Crippen LogP contribution in [-0.4, -0.2) is 71.6 Å². The van der Waals surface area contributed by atoms with Crippen LogP contribution in [0.1, 0.15) is 37.6 Å². The van der Waals surface area contributed by atoms with Crippen molar-refractivity contribution >= 4 is 23.3 Å². The largest absolute Gasteiger partial charge is 0.369 e. The second-order valence-corrected chi connectivity index (χ2v) is 9.33. The monoisotopic (exact) mass is 465 g/mol. The molecule has 2 heterocycles. The fraction of sp³-hybridized carbons (Fsp3) is 0.440. The summed E-state index contributed by atoms with van der Waals surface area (Å²) in [4.78, 5) is 30.7. The van der Waals surface area contributed by atoms with E-state index in [9.17, 15) is 9.59 Å². The topological polar surface area (TPSA) is 104 Å². The van der Waals surface area contributed by atoms with E-state index in [1.807, 2.05) is 59.1 Å².